The highest BCUT2D eigenvalue weighted by Crippen LogP contribution is 2.28. The van der Waals surface area contributed by atoms with E-state index in [1.807, 2.05) is 60.1 Å². The molecule has 2 amide bonds. The van der Waals surface area contributed by atoms with Crippen LogP contribution in [0.25, 0.3) is 22.4 Å². The highest BCUT2D eigenvalue weighted by Gasteiger charge is 2.21. The van der Waals surface area contributed by atoms with Gasteiger partial charge in [0.05, 0.1) is 16.1 Å². The van der Waals surface area contributed by atoms with E-state index < -0.39 is 5.91 Å². The fourth-order valence-corrected chi connectivity index (χ4v) is 5.63. The molecule has 0 spiro atoms. The number of nitrogens with one attached hydrogen (secondary N) is 3. The zero-order valence-corrected chi connectivity index (χ0v) is 21.3. The summed E-state index contributed by atoms with van der Waals surface area (Å²) in [5.74, 6) is -0.0117. The Balaban J connectivity index is 1.29. The molecule has 2 aromatic carbocycles. The van der Waals surface area contributed by atoms with Crippen molar-refractivity contribution in [2.24, 2.45) is 5.92 Å². The molecule has 0 radical (unpaired) electrons. The van der Waals surface area contributed by atoms with Crippen LogP contribution in [0.2, 0.25) is 0 Å². The Kier molecular flexibility index (Phi) is 7.79. The monoisotopic (exact) mass is 514 g/mol. The number of benzene rings is 2. The molecule has 3 heterocycles. The highest BCUT2D eigenvalue weighted by atomic mass is 32.1. The van der Waals surface area contributed by atoms with Crippen LogP contribution in [0.15, 0.2) is 78.3 Å². The Bertz CT molecular complexity index is 1360. The number of thiophene rings is 1. The van der Waals surface area contributed by atoms with E-state index in [9.17, 15) is 9.59 Å². The second kappa shape index (κ2) is 11.6. The number of hydrogen-bond acceptors (Lipinski definition) is 5. The van der Waals surface area contributed by atoms with Crippen molar-refractivity contribution >= 4 is 23.2 Å². The van der Waals surface area contributed by atoms with E-state index in [4.69, 9.17) is 5.21 Å². The normalized spacial score (nSPS) is 13.9. The summed E-state index contributed by atoms with van der Waals surface area (Å²) in [6.45, 7) is 3.41. The molecule has 1 aliphatic heterocycles. The van der Waals surface area contributed by atoms with Crippen LogP contribution in [-0.4, -0.2) is 34.7 Å². The Labute approximate surface area is 220 Å². The molecule has 5 rings (SSSR count). The Morgan fingerprint density at radius 2 is 1.70 bits per heavy atom. The van der Waals surface area contributed by atoms with Crippen LogP contribution in [0.3, 0.4) is 0 Å². The average molecular weight is 515 g/mol. The average Bonchev–Trinajstić information content (AvgIpc) is 3.61. The SMILES string of the molecule is O=C(NO)c1cc(-c2ccc(CNC(=O)c3ccn(CC4CCNCC4)c3-c3ccccc3)cc2)cs1. The van der Waals surface area contributed by atoms with Crippen molar-refractivity contribution < 1.29 is 14.8 Å². The van der Waals surface area contributed by atoms with Gasteiger partial charge in [-0.2, -0.15) is 0 Å². The van der Waals surface area contributed by atoms with Crippen LogP contribution in [0.4, 0.5) is 0 Å². The quantitative estimate of drug-likeness (QED) is 0.198. The molecular formula is C29H30N4O3S. The van der Waals surface area contributed by atoms with Crippen LogP contribution < -0.4 is 16.1 Å². The largest absolute Gasteiger partial charge is 0.348 e. The van der Waals surface area contributed by atoms with E-state index in [0.29, 0.717) is 22.9 Å². The number of carbonyl (C=O) groups excluding carboxylic acids is 2. The predicted molar refractivity (Wildman–Crippen MR) is 146 cm³/mol. The van der Waals surface area contributed by atoms with Crippen molar-refractivity contribution in [2.75, 3.05) is 13.1 Å². The van der Waals surface area contributed by atoms with Crippen LogP contribution in [0.1, 0.15) is 38.4 Å². The summed E-state index contributed by atoms with van der Waals surface area (Å²) in [5.41, 5.74) is 7.20. The first-order valence-electron chi connectivity index (χ1n) is 12.5. The van der Waals surface area contributed by atoms with Gasteiger partial charge in [-0.15, -0.1) is 11.3 Å². The Hall–Kier alpha value is -3.72. The minimum absolute atomic E-state index is 0.0931. The lowest BCUT2D eigenvalue weighted by molar-refractivity contribution is 0.0711. The molecule has 0 atom stereocenters. The fourth-order valence-electron chi connectivity index (χ4n) is 4.82. The smallest absolute Gasteiger partial charge is 0.284 e. The summed E-state index contributed by atoms with van der Waals surface area (Å²) < 4.78 is 2.24. The van der Waals surface area contributed by atoms with Gasteiger partial charge < -0.3 is 15.2 Å². The van der Waals surface area contributed by atoms with E-state index >= 15 is 0 Å². The van der Waals surface area contributed by atoms with Gasteiger partial charge >= 0.3 is 0 Å². The molecule has 1 fully saturated rings. The molecule has 2 aromatic heterocycles. The maximum absolute atomic E-state index is 13.3. The number of hydroxylamine groups is 1. The molecule has 8 heteroatoms. The summed E-state index contributed by atoms with van der Waals surface area (Å²) in [7, 11) is 0. The van der Waals surface area contributed by atoms with Gasteiger partial charge in [0.2, 0.25) is 0 Å². The fraction of sp³-hybridized carbons (Fsp3) is 0.241. The van der Waals surface area contributed by atoms with Crippen molar-refractivity contribution in [1.82, 2.24) is 20.7 Å². The van der Waals surface area contributed by atoms with Crippen molar-refractivity contribution in [3.8, 4) is 22.4 Å². The standard InChI is InChI=1S/C29H30N4O3S/c34-28(31-17-20-6-8-22(9-7-20)24-16-26(37-19-24)29(35)32-36)25-12-15-33(18-21-10-13-30-14-11-21)27(25)23-4-2-1-3-5-23/h1-9,12,15-16,19,21,30,36H,10-11,13-14,17-18H2,(H,31,34)(H,32,35). The Morgan fingerprint density at radius 3 is 2.43 bits per heavy atom. The molecule has 4 N–H and O–H groups in total. The van der Waals surface area contributed by atoms with E-state index in [1.54, 1.807) is 11.5 Å². The van der Waals surface area contributed by atoms with Gasteiger partial charge in [0.15, 0.2) is 0 Å². The molecule has 1 aliphatic rings. The second-order valence-electron chi connectivity index (χ2n) is 9.31. The van der Waals surface area contributed by atoms with Gasteiger partial charge in [-0.25, -0.2) is 5.48 Å². The van der Waals surface area contributed by atoms with Crippen LogP contribution in [0, 0.1) is 5.92 Å². The Morgan fingerprint density at radius 1 is 0.946 bits per heavy atom. The van der Waals surface area contributed by atoms with E-state index in [1.165, 1.54) is 11.3 Å². The van der Waals surface area contributed by atoms with E-state index in [0.717, 1.165) is 60.4 Å². The summed E-state index contributed by atoms with van der Waals surface area (Å²) in [6, 6.07) is 21.7. The minimum atomic E-state index is -0.518. The number of rotatable bonds is 8. The summed E-state index contributed by atoms with van der Waals surface area (Å²) in [6.07, 6.45) is 4.33. The predicted octanol–water partition coefficient (Wildman–Crippen LogP) is 4.93. The molecule has 0 saturated carbocycles. The van der Waals surface area contributed by atoms with Gasteiger partial charge in [-0.05, 0) is 71.6 Å². The topological polar surface area (TPSA) is 95.4 Å². The van der Waals surface area contributed by atoms with Crippen molar-refractivity contribution in [3.63, 3.8) is 0 Å². The van der Waals surface area contributed by atoms with E-state index in [-0.39, 0.29) is 5.91 Å². The molecule has 0 unspecified atom stereocenters. The van der Waals surface area contributed by atoms with Gasteiger partial charge in [-0.1, -0.05) is 54.6 Å². The number of aromatic nitrogens is 1. The molecule has 7 nitrogen and oxygen atoms in total. The first-order valence-corrected chi connectivity index (χ1v) is 13.4. The molecule has 190 valence electrons. The first kappa shape index (κ1) is 25.0. The molecule has 1 saturated heterocycles. The third-order valence-corrected chi connectivity index (χ3v) is 7.76. The number of amides is 2. The third-order valence-electron chi connectivity index (χ3n) is 6.83. The van der Waals surface area contributed by atoms with Crippen molar-refractivity contribution in [1.29, 1.82) is 0 Å². The molecule has 0 aliphatic carbocycles. The summed E-state index contributed by atoms with van der Waals surface area (Å²) >= 11 is 1.27. The van der Waals surface area contributed by atoms with Crippen LogP contribution in [-0.2, 0) is 13.1 Å². The molecule has 37 heavy (non-hydrogen) atoms. The van der Waals surface area contributed by atoms with Crippen LogP contribution in [0.5, 0.6) is 0 Å². The number of nitrogens with zero attached hydrogens (tertiary/aromatic N) is 1. The molecule has 0 bridgehead atoms. The lowest BCUT2D eigenvalue weighted by Gasteiger charge is -2.24. The van der Waals surface area contributed by atoms with Crippen LogP contribution >= 0.6 is 11.3 Å². The van der Waals surface area contributed by atoms with Gasteiger partial charge in [-0.3, -0.25) is 14.8 Å². The molecule has 4 aromatic rings. The summed E-state index contributed by atoms with van der Waals surface area (Å²) in [4.78, 5) is 25.3. The van der Waals surface area contributed by atoms with E-state index in [2.05, 4.69) is 27.3 Å². The molecular weight excluding hydrogens is 484 g/mol. The minimum Gasteiger partial charge on any atom is -0.348 e. The number of hydrogen-bond donors (Lipinski definition) is 4. The zero-order chi connectivity index (χ0) is 25.6. The zero-order valence-electron chi connectivity index (χ0n) is 20.4. The lowest BCUT2D eigenvalue weighted by Crippen LogP contribution is -2.30. The van der Waals surface area contributed by atoms with Crippen molar-refractivity contribution in [2.45, 2.75) is 25.9 Å². The maximum Gasteiger partial charge on any atom is 0.284 e. The number of carbonyl (C=O) groups is 2. The lowest BCUT2D eigenvalue weighted by atomic mass is 9.97. The maximum atomic E-state index is 13.3. The second-order valence-corrected chi connectivity index (χ2v) is 10.2. The van der Waals surface area contributed by atoms with Gasteiger partial charge in [0.25, 0.3) is 11.8 Å². The third kappa shape index (κ3) is 5.83. The first-order chi connectivity index (χ1) is 18.1. The van der Waals surface area contributed by atoms with Gasteiger partial charge in [0.1, 0.15) is 0 Å². The summed E-state index contributed by atoms with van der Waals surface area (Å²) in [5, 5.41) is 17.2. The van der Waals surface area contributed by atoms with Crippen molar-refractivity contribution in [3.05, 3.63) is 94.3 Å². The highest BCUT2D eigenvalue weighted by molar-refractivity contribution is 7.12. The number of piperidine rings is 1. The van der Waals surface area contributed by atoms with Gasteiger partial charge in [0, 0.05) is 19.3 Å².